The Morgan fingerprint density at radius 1 is 1.13 bits per heavy atom. The van der Waals surface area contributed by atoms with Gasteiger partial charge in [-0.1, -0.05) is 32.1 Å². The lowest BCUT2D eigenvalue weighted by atomic mass is 9.84. The Hall–Kier alpha value is -2.13. The van der Waals surface area contributed by atoms with E-state index in [1.165, 1.54) is 6.42 Å². The summed E-state index contributed by atoms with van der Waals surface area (Å²) in [6, 6.07) is -0.368. The van der Waals surface area contributed by atoms with E-state index in [0.717, 1.165) is 31.2 Å². The molecule has 168 valence electrons. The number of rotatable bonds is 12. The maximum absolute atomic E-state index is 12.8. The second-order valence-electron chi connectivity index (χ2n) is 7.93. The van der Waals surface area contributed by atoms with E-state index in [1.54, 1.807) is 11.3 Å². The summed E-state index contributed by atoms with van der Waals surface area (Å²) < 4.78 is 0. The van der Waals surface area contributed by atoms with E-state index in [2.05, 4.69) is 16.0 Å². The summed E-state index contributed by atoms with van der Waals surface area (Å²) in [7, 11) is 0. The summed E-state index contributed by atoms with van der Waals surface area (Å²) in [5.41, 5.74) is 6.47. The van der Waals surface area contributed by atoms with Gasteiger partial charge in [0.05, 0.1) is 0 Å². The fraction of sp³-hybridized carbons (Fsp3) is 0.667. The van der Waals surface area contributed by atoms with Gasteiger partial charge in [-0.15, -0.1) is 0 Å². The molecule has 0 radical (unpaired) electrons. The molecule has 0 bridgehead atoms. The van der Waals surface area contributed by atoms with Gasteiger partial charge in [-0.3, -0.25) is 4.79 Å². The van der Waals surface area contributed by atoms with E-state index in [0.29, 0.717) is 44.7 Å². The lowest BCUT2D eigenvalue weighted by Gasteiger charge is -2.27. The molecule has 1 saturated carbocycles. The summed E-state index contributed by atoms with van der Waals surface area (Å²) in [5.74, 6) is -0.944. The highest BCUT2D eigenvalue weighted by molar-refractivity contribution is 7.07. The summed E-state index contributed by atoms with van der Waals surface area (Å²) in [6.07, 6.45) is 7.77. The van der Waals surface area contributed by atoms with Gasteiger partial charge in [-0.25, -0.2) is 9.59 Å². The molecule has 1 aliphatic rings. The third-order valence-electron chi connectivity index (χ3n) is 5.51. The average molecular weight is 439 g/mol. The summed E-state index contributed by atoms with van der Waals surface area (Å²) in [4.78, 5) is 36.7. The lowest BCUT2D eigenvalue weighted by molar-refractivity contribution is -0.139. The number of amides is 3. The van der Waals surface area contributed by atoms with Gasteiger partial charge in [-0.2, -0.15) is 11.3 Å². The van der Waals surface area contributed by atoms with Crippen LogP contribution in [0.25, 0.3) is 0 Å². The second kappa shape index (κ2) is 13.2. The van der Waals surface area contributed by atoms with Crippen LogP contribution in [0.2, 0.25) is 0 Å². The van der Waals surface area contributed by atoms with E-state index >= 15 is 0 Å². The summed E-state index contributed by atoms with van der Waals surface area (Å²) >= 11 is 1.56. The van der Waals surface area contributed by atoms with Crippen molar-refractivity contribution in [2.75, 3.05) is 6.54 Å². The van der Waals surface area contributed by atoms with Gasteiger partial charge < -0.3 is 26.8 Å². The summed E-state index contributed by atoms with van der Waals surface area (Å²) in [6.45, 7) is 0.885. The SMILES string of the molecule is NCCCC[C@H](NC(=O)N[C@H](CC1CCCCC1)C(=O)NCc1ccsc1)C(=O)O. The first-order valence-corrected chi connectivity index (χ1v) is 11.7. The van der Waals surface area contributed by atoms with Crippen molar-refractivity contribution in [3.63, 3.8) is 0 Å². The number of urea groups is 1. The minimum absolute atomic E-state index is 0.239. The molecule has 0 saturated heterocycles. The van der Waals surface area contributed by atoms with Crippen LogP contribution in [0, 0.1) is 5.92 Å². The van der Waals surface area contributed by atoms with Crippen molar-refractivity contribution in [2.24, 2.45) is 11.7 Å². The molecule has 1 heterocycles. The van der Waals surface area contributed by atoms with Crippen LogP contribution >= 0.6 is 11.3 Å². The fourth-order valence-corrected chi connectivity index (χ4v) is 4.47. The zero-order chi connectivity index (χ0) is 21.8. The number of unbranched alkanes of at least 4 members (excludes halogenated alkanes) is 1. The summed E-state index contributed by atoms with van der Waals surface area (Å²) in [5, 5.41) is 21.4. The molecule has 1 fully saturated rings. The molecule has 0 aliphatic heterocycles. The predicted molar refractivity (Wildman–Crippen MR) is 117 cm³/mol. The number of carboxylic acid groups (broad SMARTS) is 1. The molecule has 0 spiro atoms. The van der Waals surface area contributed by atoms with Crippen LogP contribution in [-0.4, -0.2) is 41.6 Å². The van der Waals surface area contributed by atoms with Crippen LogP contribution in [0.1, 0.15) is 63.4 Å². The Morgan fingerprint density at radius 2 is 1.87 bits per heavy atom. The van der Waals surface area contributed by atoms with Gasteiger partial charge in [0.1, 0.15) is 12.1 Å². The number of hydrogen-bond donors (Lipinski definition) is 5. The quantitative estimate of drug-likeness (QED) is 0.320. The molecule has 8 nitrogen and oxygen atoms in total. The first kappa shape index (κ1) is 24.1. The first-order valence-electron chi connectivity index (χ1n) is 10.8. The largest absolute Gasteiger partial charge is 0.480 e. The second-order valence-corrected chi connectivity index (χ2v) is 8.71. The number of aliphatic carboxylic acids is 1. The number of carbonyl (C=O) groups excluding carboxylic acids is 2. The molecular weight excluding hydrogens is 404 g/mol. The van der Waals surface area contributed by atoms with E-state index in [-0.39, 0.29) is 5.91 Å². The molecule has 2 atom stereocenters. The molecular formula is C21H34N4O4S. The Labute approximate surface area is 182 Å². The molecule has 0 aromatic carbocycles. The standard InChI is InChI=1S/C21H34N4O4S/c22-10-5-4-8-17(20(27)28)24-21(29)25-18(12-15-6-2-1-3-7-15)19(26)23-13-16-9-11-30-14-16/h9,11,14-15,17-18H,1-8,10,12-13,22H2,(H,23,26)(H,27,28)(H2,24,25,29)/t17-,18+/m0/s1. The third-order valence-corrected chi connectivity index (χ3v) is 6.24. The molecule has 1 aromatic heterocycles. The van der Waals surface area contributed by atoms with Crippen molar-refractivity contribution in [1.82, 2.24) is 16.0 Å². The van der Waals surface area contributed by atoms with Crippen LogP contribution in [0.4, 0.5) is 4.79 Å². The molecule has 2 rings (SSSR count). The third kappa shape index (κ3) is 8.71. The highest BCUT2D eigenvalue weighted by atomic mass is 32.1. The number of nitrogens with two attached hydrogens (primary N) is 1. The Balaban J connectivity index is 1.94. The Kier molecular flexibility index (Phi) is 10.6. The zero-order valence-electron chi connectivity index (χ0n) is 17.4. The number of thiophene rings is 1. The van der Waals surface area contributed by atoms with Crippen LogP contribution in [0.15, 0.2) is 16.8 Å². The van der Waals surface area contributed by atoms with Crippen LogP contribution < -0.4 is 21.7 Å². The van der Waals surface area contributed by atoms with Crippen LogP contribution in [-0.2, 0) is 16.1 Å². The minimum atomic E-state index is -1.09. The normalized spacial score (nSPS) is 16.4. The smallest absolute Gasteiger partial charge is 0.326 e. The Bertz CT molecular complexity index is 662. The molecule has 3 amide bonds. The number of carbonyl (C=O) groups is 3. The van der Waals surface area contributed by atoms with E-state index in [4.69, 9.17) is 5.73 Å². The average Bonchev–Trinajstić information content (AvgIpc) is 3.25. The van der Waals surface area contributed by atoms with E-state index in [1.807, 2.05) is 16.8 Å². The van der Waals surface area contributed by atoms with Gasteiger partial charge in [0.2, 0.25) is 5.91 Å². The van der Waals surface area contributed by atoms with Crippen molar-refractivity contribution in [2.45, 2.75) is 76.4 Å². The molecule has 30 heavy (non-hydrogen) atoms. The van der Waals surface area contributed by atoms with Crippen molar-refractivity contribution in [3.8, 4) is 0 Å². The van der Waals surface area contributed by atoms with Crippen LogP contribution in [0.5, 0.6) is 0 Å². The fourth-order valence-electron chi connectivity index (χ4n) is 3.80. The first-order chi connectivity index (χ1) is 14.5. The van der Waals surface area contributed by atoms with Gasteiger partial charge in [0.15, 0.2) is 0 Å². The maximum Gasteiger partial charge on any atom is 0.326 e. The van der Waals surface area contributed by atoms with Gasteiger partial charge in [0, 0.05) is 6.54 Å². The number of nitrogens with one attached hydrogen (secondary N) is 3. The Morgan fingerprint density at radius 3 is 2.50 bits per heavy atom. The van der Waals surface area contributed by atoms with Crippen molar-refractivity contribution in [1.29, 1.82) is 0 Å². The monoisotopic (exact) mass is 438 g/mol. The predicted octanol–water partition coefficient (Wildman–Crippen LogP) is 2.58. The van der Waals surface area contributed by atoms with Gasteiger partial charge >= 0.3 is 12.0 Å². The van der Waals surface area contributed by atoms with E-state index in [9.17, 15) is 19.5 Å². The lowest BCUT2D eigenvalue weighted by Crippen LogP contribution is -2.53. The molecule has 1 aromatic rings. The van der Waals surface area contributed by atoms with Gasteiger partial charge in [-0.05, 0) is 60.5 Å². The van der Waals surface area contributed by atoms with Gasteiger partial charge in [0.25, 0.3) is 0 Å². The maximum atomic E-state index is 12.8. The van der Waals surface area contributed by atoms with Crippen molar-refractivity contribution < 1.29 is 19.5 Å². The highest BCUT2D eigenvalue weighted by Gasteiger charge is 2.27. The molecule has 1 aliphatic carbocycles. The topological polar surface area (TPSA) is 134 Å². The van der Waals surface area contributed by atoms with Crippen molar-refractivity contribution in [3.05, 3.63) is 22.4 Å². The van der Waals surface area contributed by atoms with Crippen LogP contribution in [0.3, 0.4) is 0 Å². The minimum Gasteiger partial charge on any atom is -0.480 e. The molecule has 9 heteroatoms. The molecule has 0 unspecified atom stereocenters. The van der Waals surface area contributed by atoms with Crippen molar-refractivity contribution >= 4 is 29.2 Å². The van der Waals surface area contributed by atoms with E-state index < -0.39 is 24.1 Å². The zero-order valence-corrected chi connectivity index (χ0v) is 18.2. The number of hydrogen-bond acceptors (Lipinski definition) is 5. The number of carboxylic acids is 1. The molecule has 6 N–H and O–H groups in total. The highest BCUT2D eigenvalue weighted by Crippen LogP contribution is 2.27.